The molecule has 71 heavy (non-hydrogen) atoms. The van der Waals surface area contributed by atoms with Gasteiger partial charge in [-0.1, -0.05) is 225 Å². The van der Waals surface area contributed by atoms with Crippen molar-refractivity contribution in [3.63, 3.8) is 0 Å². The van der Waals surface area contributed by atoms with Gasteiger partial charge in [-0.15, -0.1) is 0 Å². The van der Waals surface area contributed by atoms with E-state index in [0.717, 1.165) is 70.6 Å². The summed E-state index contributed by atoms with van der Waals surface area (Å²) >= 11 is 0. The van der Waals surface area contributed by atoms with Crippen molar-refractivity contribution in [2.24, 2.45) is 0 Å². The molecule has 1 amide bonds. The van der Waals surface area contributed by atoms with Crippen LogP contribution < -0.4 is 5.32 Å². The summed E-state index contributed by atoms with van der Waals surface area (Å²) in [6.45, 7) is 2.80. The second-order valence-electron chi connectivity index (χ2n) is 21.1. The number of nitrogens with one attached hydrogen (secondary N) is 1. The Hall–Kier alpha value is -1.27. The molecule has 9 N–H and O–H groups in total. The molecule has 0 aliphatic carbocycles. The topological polar surface area (TPSA) is 228 Å². The van der Waals surface area contributed by atoms with Gasteiger partial charge in [0, 0.05) is 6.42 Å². The van der Waals surface area contributed by atoms with Gasteiger partial charge >= 0.3 is 0 Å². The van der Waals surface area contributed by atoms with Crippen molar-refractivity contribution >= 4 is 5.91 Å². The molecule has 0 aromatic rings. The minimum atomic E-state index is -1.78. The van der Waals surface area contributed by atoms with Gasteiger partial charge in [0.25, 0.3) is 0 Å². The van der Waals surface area contributed by atoms with Crippen LogP contribution in [0.2, 0.25) is 0 Å². The first-order chi connectivity index (χ1) is 34.6. The monoisotopic (exact) mass is 1020 g/mol. The smallest absolute Gasteiger partial charge is 0.220 e. The van der Waals surface area contributed by atoms with E-state index in [1.807, 2.05) is 0 Å². The van der Waals surface area contributed by atoms with Gasteiger partial charge in [0.05, 0.1) is 32.0 Å². The average Bonchev–Trinajstić information content (AvgIpc) is 3.37. The van der Waals surface area contributed by atoms with Crippen LogP contribution in [0.25, 0.3) is 0 Å². The van der Waals surface area contributed by atoms with Gasteiger partial charge in [-0.3, -0.25) is 4.79 Å². The summed E-state index contributed by atoms with van der Waals surface area (Å²) < 4.78 is 22.8. The lowest BCUT2D eigenvalue weighted by Gasteiger charge is -2.46. The molecule has 14 nitrogen and oxygen atoms in total. The molecular formula is C57H109NO13. The van der Waals surface area contributed by atoms with Gasteiger partial charge in [-0.2, -0.15) is 0 Å². The van der Waals surface area contributed by atoms with Crippen molar-refractivity contribution in [2.45, 2.75) is 325 Å². The van der Waals surface area contributed by atoms with E-state index in [9.17, 15) is 45.6 Å². The Morgan fingerprint density at radius 3 is 1.39 bits per heavy atom. The van der Waals surface area contributed by atoms with Crippen molar-refractivity contribution in [3.8, 4) is 0 Å². The molecule has 14 heteroatoms. The summed E-state index contributed by atoms with van der Waals surface area (Å²) in [6.07, 6.45) is 32.4. The number of rotatable bonds is 47. The molecule has 420 valence electrons. The number of hydrogen-bond acceptors (Lipinski definition) is 13. The Morgan fingerprint density at radius 1 is 0.493 bits per heavy atom. The van der Waals surface area contributed by atoms with E-state index in [2.05, 4.69) is 31.3 Å². The van der Waals surface area contributed by atoms with E-state index in [1.54, 1.807) is 0 Å². The fourth-order valence-electron chi connectivity index (χ4n) is 9.95. The van der Waals surface area contributed by atoms with Crippen LogP contribution in [0.3, 0.4) is 0 Å². The second-order valence-corrected chi connectivity index (χ2v) is 21.1. The zero-order chi connectivity index (χ0) is 51.7. The summed E-state index contributed by atoms with van der Waals surface area (Å²) in [5.74, 6) is -0.216. The normalized spacial score (nSPS) is 25.8. The van der Waals surface area contributed by atoms with E-state index in [-0.39, 0.29) is 12.5 Å². The third kappa shape index (κ3) is 30.2. The van der Waals surface area contributed by atoms with Gasteiger partial charge in [0.2, 0.25) is 5.91 Å². The summed E-state index contributed by atoms with van der Waals surface area (Å²) in [5, 5.41) is 87.0. The zero-order valence-corrected chi connectivity index (χ0v) is 45.0. The predicted octanol–water partition coefficient (Wildman–Crippen LogP) is 9.50. The van der Waals surface area contributed by atoms with Crippen LogP contribution in [-0.4, -0.2) is 140 Å². The molecule has 2 heterocycles. The molecular weight excluding hydrogens is 907 g/mol. The lowest BCUT2D eigenvalue weighted by molar-refractivity contribution is -0.359. The SMILES string of the molecule is CCC/C=C\CCCCCCCC(=O)NC(COC1OC(CO)C(OC2OC(CO)C(O)C(O)C2O)C(O)C1O)C(O)CCCCCCCCCCCCCCCCCCCCCCCCCCCCC. The second kappa shape index (κ2) is 43.9. The first kappa shape index (κ1) is 65.8. The largest absolute Gasteiger partial charge is 0.394 e. The van der Waals surface area contributed by atoms with Crippen molar-refractivity contribution < 1.29 is 64.6 Å². The molecule has 0 aromatic carbocycles. The van der Waals surface area contributed by atoms with E-state index in [4.69, 9.17) is 18.9 Å². The van der Waals surface area contributed by atoms with Crippen LogP contribution in [0.4, 0.5) is 0 Å². The van der Waals surface area contributed by atoms with Gasteiger partial charge in [-0.05, 0) is 32.1 Å². The van der Waals surface area contributed by atoms with Crippen LogP contribution in [0.1, 0.15) is 251 Å². The van der Waals surface area contributed by atoms with E-state index >= 15 is 0 Å². The van der Waals surface area contributed by atoms with Crippen LogP contribution in [0.15, 0.2) is 12.2 Å². The summed E-state index contributed by atoms with van der Waals surface area (Å²) in [5.41, 5.74) is 0. The van der Waals surface area contributed by atoms with Crippen molar-refractivity contribution in [1.29, 1.82) is 0 Å². The molecule has 2 rings (SSSR count). The van der Waals surface area contributed by atoms with Crippen LogP contribution in [-0.2, 0) is 23.7 Å². The predicted molar refractivity (Wildman–Crippen MR) is 282 cm³/mol. The molecule has 12 atom stereocenters. The fourth-order valence-corrected chi connectivity index (χ4v) is 9.95. The molecule has 0 radical (unpaired) electrons. The third-order valence-electron chi connectivity index (χ3n) is 14.7. The van der Waals surface area contributed by atoms with Gasteiger partial charge in [-0.25, -0.2) is 0 Å². The molecule has 0 bridgehead atoms. The van der Waals surface area contributed by atoms with E-state index < -0.39 is 86.8 Å². The number of carbonyl (C=O) groups excluding carboxylic acids is 1. The third-order valence-corrected chi connectivity index (χ3v) is 14.7. The standard InChI is InChI=1S/C57H109NO13/c1-3-5-7-9-11-13-15-16-17-18-19-20-21-22-23-24-25-26-27-28-29-30-31-32-34-36-38-40-46(61)45(58-49(62)41-39-37-35-33-14-12-10-8-6-4-2)44-68-56-54(67)52(65)55(48(43-60)70-56)71-57-53(66)51(64)50(63)47(42-59)69-57/h8,10,45-48,50-57,59-61,63-67H,3-7,9,11-44H2,1-2H3,(H,58,62)/b10-8-. The van der Waals surface area contributed by atoms with Crippen LogP contribution in [0.5, 0.6) is 0 Å². The summed E-state index contributed by atoms with van der Waals surface area (Å²) in [6, 6.07) is -0.829. The number of amides is 1. The number of ether oxygens (including phenoxy) is 4. The molecule has 2 fully saturated rings. The number of hydrogen-bond donors (Lipinski definition) is 9. The highest BCUT2D eigenvalue weighted by Crippen LogP contribution is 2.30. The number of allylic oxidation sites excluding steroid dienone is 2. The zero-order valence-electron chi connectivity index (χ0n) is 45.0. The Morgan fingerprint density at radius 2 is 0.915 bits per heavy atom. The maximum absolute atomic E-state index is 13.2. The lowest BCUT2D eigenvalue weighted by atomic mass is 9.97. The first-order valence-electron chi connectivity index (χ1n) is 29.4. The van der Waals surface area contributed by atoms with Gasteiger partial charge < -0.3 is 65.1 Å². The average molecular weight is 1020 g/mol. The molecule has 2 aliphatic rings. The Balaban J connectivity index is 1.67. The summed E-state index contributed by atoms with van der Waals surface area (Å²) in [7, 11) is 0. The molecule has 0 saturated carbocycles. The summed E-state index contributed by atoms with van der Waals surface area (Å²) in [4.78, 5) is 13.2. The number of aliphatic hydroxyl groups is 8. The van der Waals surface area contributed by atoms with Crippen molar-refractivity contribution in [1.82, 2.24) is 5.32 Å². The lowest BCUT2D eigenvalue weighted by Crippen LogP contribution is -2.65. The number of unbranched alkanes of at least 4 members (excludes halogenated alkanes) is 32. The Kier molecular flexibility index (Phi) is 40.7. The highest BCUT2D eigenvalue weighted by atomic mass is 16.7. The Labute approximate surface area is 431 Å². The van der Waals surface area contributed by atoms with Gasteiger partial charge in [0.15, 0.2) is 12.6 Å². The molecule has 2 saturated heterocycles. The number of aliphatic hydroxyl groups excluding tert-OH is 8. The maximum atomic E-state index is 13.2. The molecule has 2 aliphatic heterocycles. The highest BCUT2D eigenvalue weighted by Gasteiger charge is 2.51. The van der Waals surface area contributed by atoms with E-state index in [1.165, 1.54) is 148 Å². The van der Waals surface area contributed by atoms with Crippen LogP contribution >= 0.6 is 0 Å². The van der Waals surface area contributed by atoms with E-state index in [0.29, 0.717) is 19.3 Å². The number of carbonyl (C=O) groups is 1. The minimum Gasteiger partial charge on any atom is -0.394 e. The van der Waals surface area contributed by atoms with Crippen molar-refractivity contribution in [3.05, 3.63) is 12.2 Å². The molecule has 12 unspecified atom stereocenters. The fraction of sp³-hybridized carbons (Fsp3) is 0.947. The highest BCUT2D eigenvalue weighted by molar-refractivity contribution is 5.76. The van der Waals surface area contributed by atoms with Gasteiger partial charge in [0.1, 0.15) is 48.8 Å². The van der Waals surface area contributed by atoms with Crippen LogP contribution in [0, 0.1) is 0 Å². The molecule has 0 aromatic heterocycles. The van der Waals surface area contributed by atoms with Crippen molar-refractivity contribution in [2.75, 3.05) is 19.8 Å². The first-order valence-corrected chi connectivity index (χ1v) is 29.4. The Bertz CT molecular complexity index is 1240. The molecule has 0 spiro atoms. The maximum Gasteiger partial charge on any atom is 0.220 e. The quantitative estimate of drug-likeness (QED) is 0.0205. The minimum absolute atomic E-state index is 0.216.